The number of amides is 2. The number of benzene rings is 1. The second-order valence-electron chi connectivity index (χ2n) is 8.24. The molecule has 0 aliphatic carbocycles. The molecule has 1 aromatic carbocycles. The molecular weight excluding hydrogens is 519 g/mol. The first-order valence-corrected chi connectivity index (χ1v) is 11.3. The maximum Gasteiger partial charge on any atom is 0.224 e. The van der Waals surface area contributed by atoms with Crippen LogP contribution in [0.5, 0.6) is 0 Å². The van der Waals surface area contributed by atoms with Crippen LogP contribution >= 0.6 is 24.0 Å². The number of nitrogens with one attached hydrogen (secondary N) is 2. The highest BCUT2D eigenvalue weighted by molar-refractivity contribution is 14.0. The first-order valence-electron chi connectivity index (χ1n) is 11.3. The molecule has 2 aliphatic heterocycles. The van der Waals surface area contributed by atoms with Crippen molar-refractivity contribution >= 4 is 47.4 Å². The van der Waals surface area contributed by atoms with Crippen LogP contribution in [-0.2, 0) is 9.59 Å². The van der Waals surface area contributed by atoms with Gasteiger partial charge in [0.1, 0.15) is 0 Å². The van der Waals surface area contributed by atoms with Gasteiger partial charge >= 0.3 is 0 Å². The molecule has 2 fully saturated rings. The minimum Gasteiger partial charge on any atom is -0.368 e. The second-order valence-corrected chi connectivity index (χ2v) is 8.24. The number of carbonyl (C=O) groups is 2. The molecule has 2 amide bonds. The number of carbonyl (C=O) groups excluding carboxylic acids is 2. The van der Waals surface area contributed by atoms with Gasteiger partial charge in [-0.25, -0.2) is 0 Å². The highest BCUT2D eigenvalue weighted by atomic mass is 127. The predicted octanol–water partition coefficient (Wildman–Crippen LogP) is 1.77. The Hall–Kier alpha value is -2.04. The van der Waals surface area contributed by atoms with Gasteiger partial charge in [0.15, 0.2) is 5.96 Å². The van der Waals surface area contributed by atoms with Crippen LogP contribution in [0, 0.1) is 5.92 Å². The van der Waals surface area contributed by atoms with Gasteiger partial charge in [-0.3, -0.25) is 14.6 Å². The Morgan fingerprint density at radius 1 is 1.00 bits per heavy atom. The Kier molecular flexibility index (Phi) is 11.1. The maximum absolute atomic E-state index is 12.6. The fraction of sp³-hybridized carbons (Fsp3) is 0.609. The van der Waals surface area contributed by atoms with Crippen molar-refractivity contribution in [3.05, 3.63) is 30.3 Å². The summed E-state index contributed by atoms with van der Waals surface area (Å²) in [4.78, 5) is 35.1. The van der Waals surface area contributed by atoms with Crippen LogP contribution in [0.4, 0.5) is 5.69 Å². The highest BCUT2D eigenvalue weighted by Gasteiger charge is 2.24. The molecule has 0 aromatic heterocycles. The molecule has 0 spiro atoms. The molecule has 2 saturated heterocycles. The van der Waals surface area contributed by atoms with Crippen LogP contribution in [0.3, 0.4) is 0 Å². The summed E-state index contributed by atoms with van der Waals surface area (Å²) < 4.78 is 0. The van der Waals surface area contributed by atoms with Crippen molar-refractivity contribution in [2.24, 2.45) is 10.9 Å². The van der Waals surface area contributed by atoms with E-state index in [0.717, 1.165) is 58.1 Å². The molecule has 2 N–H and O–H groups in total. The van der Waals surface area contributed by atoms with E-state index in [1.165, 1.54) is 5.69 Å². The molecule has 1 aromatic rings. The van der Waals surface area contributed by atoms with Crippen molar-refractivity contribution in [2.75, 3.05) is 64.8 Å². The zero-order valence-electron chi connectivity index (χ0n) is 19.3. The lowest BCUT2D eigenvalue weighted by molar-refractivity contribution is -0.131. The molecule has 8 nitrogen and oxygen atoms in total. The lowest BCUT2D eigenvalue weighted by atomic mass is 9.93. The number of nitrogens with zero attached hydrogens (tertiary/aromatic N) is 4. The maximum atomic E-state index is 12.6. The monoisotopic (exact) mass is 556 g/mol. The number of hydrogen-bond acceptors (Lipinski definition) is 4. The molecule has 9 heteroatoms. The summed E-state index contributed by atoms with van der Waals surface area (Å²) in [6.07, 6.45) is 3.04. The average Bonchev–Trinajstić information content (AvgIpc) is 2.83. The highest BCUT2D eigenvalue weighted by Crippen LogP contribution is 2.20. The number of piperidine rings is 1. The number of halogens is 1. The van der Waals surface area contributed by atoms with Crippen molar-refractivity contribution < 1.29 is 9.59 Å². The molecule has 178 valence electrons. The van der Waals surface area contributed by atoms with Gasteiger partial charge in [-0.15, -0.1) is 24.0 Å². The van der Waals surface area contributed by atoms with E-state index in [9.17, 15) is 9.59 Å². The minimum atomic E-state index is 0. The molecule has 0 saturated carbocycles. The number of likely N-dealkylation sites (tertiary alicyclic amines) is 1. The molecular formula is C23H37IN6O2. The normalized spacial score (nSPS) is 17.6. The van der Waals surface area contributed by atoms with Crippen molar-refractivity contribution in [2.45, 2.75) is 25.7 Å². The Morgan fingerprint density at radius 2 is 1.66 bits per heavy atom. The van der Waals surface area contributed by atoms with Crippen LogP contribution in [0.2, 0.25) is 0 Å². The van der Waals surface area contributed by atoms with E-state index >= 15 is 0 Å². The molecule has 0 atom stereocenters. The Bertz CT molecular complexity index is 744. The van der Waals surface area contributed by atoms with Crippen LogP contribution in [-0.4, -0.2) is 87.5 Å². The van der Waals surface area contributed by atoms with Crippen LogP contribution < -0.4 is 15.5 Å². The zero-order chi connectivity index (χ0) is 22.1. The number of aliphatic imine (C=N–C) groups is 1. The number of rotatable bonds is 6. The van der Waals surface area contributed by atoms with Crippen LogP contribution in [0.25, 0.3) is 0 Å². The quantitative estimate of drug-likeness (QED) is 0.317. The van der Waals surface area contributed by atoms with E-state index in [1.807, 2.05) is 11.0 Å². The summed E-state index contributed by atoms with van der Waals surface area (Å²) in [7, 11) is 3.47. The van der Waals surface area contributed by atoms with E-state index < -0.39 is 0 Å². The summed E-state index contributed by atoms with van der Waals surface area (Å²) in [5.74, 6) is 1.59. The lowest BCUT2D eigenvalue weighted by Gasteiger charge is -2.36. The SMILES string of the molecule is CN=C(NCCC(=O)N1CCN(c2ccccc2)CC1)N1CCC(CC(=O)NC)CC1.I. The van der Waals surface area contributed by atoms with E-state index in [2.05, 4.69) is 49.7 Å². The average molecular weight is 556 g/mol. The smallest absolute Gasteiger partial charge is 0.224 e. The van der Waals surface area contributed by atoms with Crippen molar-refractivity contribution in [1.29, 1.82) is 0 Å². The fourth-order valence-electron chi connectivity index (χ4n) is 4.34. The standard InChI is InChI=1S/C23H36N6O2.HI/c1-24-21(30)18-19-9-12-29(13-10-19)23(25-2)26-11-8-22(31)28-16-14-27(15-17-28)20-6-4-3-5-7-20;/h3-7,19H,8-18H2,1-2H3,(H,24,30)(H,25,26);1H. The summed E-state index contributed by atoms with van der Waals surface area (Å²) in [6.45, 7) is 5.63. The summed E-state index contributed by atoms with van der Waals surface area (Å²) >= 11 is 0. The van der Waals surface area contributed by atoms with Crippen molar-refractivity contribution in [3.8, 4) is 0 Å². The molecule has 0 radical (unpaired) electrons. The first-order chi connectivity index (χ1) is 15.1. The summed E-state index contributed by atoms with van der Waals surface area (Å²) in [5, 5.41) is 6.06. The third-order valence-electron chi connectivity index (χ3n) is 6.25. The third-order valence-corrected chi connectivity index (χ3v) is 6.25. The van der Waals surface area contributed by atoms with Crippen molar-refractivity contribution in [3.63, 3.8) is 0 Å². The van der Waals surface area contributed by atoms with E-state index in [-0.39, 0.29) is 35.8 Å². The molecule has 2 heterocycles. The molecule has 0 bridgehead atoms. The Labute approximate surface area is 208 Å². The van der Waals surface area contributed by atoms with Gasteiger partial charge in [-0.05, 0) is 30.9 Å². The Morgan fingerprint density at radius 3 is 2.25 bits per heavy atom. The van der Waals surface area contributed by atoms with Gasteiger partial charge in [0.2, 0.25) is 11.8 Å². The summed E-state index contributed by atoms with van der Waals surface area (Å²) in [6, 6.07) is 10.4. The van der Waals surface area contributed by atoms with Gasteiger partial charge < -0.3 is 25.3 Å². The number of anilines is 1. The largest absolute Gasteiger partial charge is 0.368 e. The molecule has 3 rings (SSSR count). The number of hydrogen-bond donors (Lipinski definition) is 2. The third kappa shape index (κ3) is 7.53. The van der Waals surface area contributed by atoms with E-state index in [4.69, 9.17) is 0 Å². The fourth-order valence-corrected chi connectivity index (χ4v) is 4.34. The van der Waals surface area contributed by atoms with Crippen molar-refractivity contribution in [1.82, 2.24) is 20.4 Å². The molecule has 32 heavy (non-hydrogen) atoms. The summed E-state index contributed by atoms with van der Waals surface area (Å²) in [5.41, 5.74) is 1.22. The first kappa shape index (κ1) is 26.2. The Balaban J connectivity index is 0.00000363. The topological polar surface area (TPSA) is 80.3 Å². The van der Waals surface area contributed by atoms with Gasteiger partial charge in [-0.2, -0.15) is 0 Å². The number of para-hydroxylation sites is 1. The molecule has 2 aliphatic rings. The van der Waals surface area contributed by atoms with Gasteiger partial charge in [-0.1, -0.05) is 18.2 Å². The van der Waals surface area contributed by atoms with Gasteiger partial charge in [0, 0.05) is 78.4 Å². The van der Waals surface area contributed by atoms with E-state index in [0.29, 0.717) is 25.3 Å². The zero-order valence-corrected chi connectivity index (χ0v) is 21.6. The van der Waals surface area contributed by atoms with Crippen LogP contribution in [0.1, 0.15) is 25.7 Å². The number of guanidine groups is 1. The predicted molar refractivity (Wildman–Crippen MR) is 140 cm³/mol. The minimum absolute atomic E-state index is 0. The lowest BCUT2D eigenvalue weighted by Crippen LogP contribution is -2.50. The van der Waals surface area contributed by atoms with Gasteiger partial charge in [0.25, 0.3) is 0 Å². The van der Waals surface area contributed by atoms with E-state index in [1.54, 1.807) is 14.1 Å². The molecule has 0 unspecified atom stereocenters. The number of piperazine rings is 1. The van der Waals surface area contributed by atoms with Gasteiger partial charge in [0.05, 0.1) is 0 Å². The van der Waals surface area contributed by atoms with Crippen LogP contribution in [0.15, 0.2) is 35.3 Å². The second kappa shape index (κ2) is 13.5.